The van der Waals surface area contributed by atoms with Crippen molar-refractivity contribution in [2.75, 3.05) is 10.6 Å². The first-order valence-electron chi connectivity index (χ1n) is 7.79. The number of halogens is 1. The van der Waals surface area contributed by atoms with Crippen LogP contribution in [-0.2, 0) is 0 Å². The smallest absolute Gasteiger partial charge is 0.229 e. The van der Waals surface area contributed by atoms with Crippen molar-refractivity contribution in [1.82, 2.24) is 9.97 Å². The molecule has 1 aromatic heterocycles. The normalized spacial score (nSPS) is 11.8. The Morgan fingerprint density at radius 1 is 1.04 bits per heavy atom. The number of aryl methyl sites for hydroxylation is 1. The van der Waals surface area contributed by atoms with Crippen molar-refractivity contribution in [3.05, 3.63) is 76.4 Å². The van der Waals surface area contributed by atoms with Crippen molar-refractivity contribution in [1.29, 1.82) is 0 Å². The molecular weight excluding hydrogens is 364 g/mol. The van der Waals surface area contributed by atoms with Gasteiger partial charge in [-0.25, -0.2) is 4.98 Å². The van der Waals surface area contributed by atoms with E-state index in [-0.39, 0.29) is 6.04 Å². The Morgan fingerprint density at radius 3 is 2.58 bits per heavy atom. The van der Waals surface area contributed by atoms with Gasteiger partial charge >= 0.3 is 0 Å². The Balaban J connectivity index is 1.73. The summed E-state index contributed by atoms with van der Waals surface area (Å²) in [5.74, 6) is 1.35. The maximum atomic E-state index is 4.54. The Bertz CT molecular complexity index is 821. The number of anilines is 3. The monoisotopic (exact) mass is 382 g/mol. The van der Waals surface area contributed by atoms with E-state index >= 15 is 0 Å². The van der Waals surface area contributed by atoms with Gasteiger partial charge in [0.2, 0.25) is 5.95 Å². The molecule has 1 unspecified atom stereocenters. The minimum absolute atomic E-state index is 0.169. The van der Waals surface area contributed by atoms with Crippen LogP contribution in [0.1, 0.15) is 24.1 Å². The molecule has 0 aliphatic rings. The molecule has 4 nitrogen and oxygen atoms in total. The summed E-state index contributed by atoms with van der Waals surface area (Å²) in [5.41, 5.74) is 3.35. The van der Waals surface area contributed by atoms with Gasteiger partial charge in [-0.1, -0.05) is 52.3 Å². The lowest BCUT2D eigenvalue weighted by molar-refractivity contribution is 0.873. The van der Waals surface area contributed by atoms with Crippen LogP contribution >= 0.6 is 15.9 Å². The van der Waals surface area contributed by atoms with Crippen molar-refractivity contribution in [2.24, 2.45) is 0 Å². The Kier molecular flexibility index (Phi) is 5.11. The lowest BCUT2D eigenvalue weighted by Crippen LogP contribution is -2.09. The molecule has 0 spiro atoms. The molecule has 0 radical (unpaired) electrons. The molecule has 1 heterocycles. The van der Waals surface area contributed by atoms with Crippen LogP contribution in [0.4, 0.5) is 17.5 Å². The summed E-state index contributed by atoms with van der Waals surface area (Å²) in [6, 6.07) is 18.4. The molecule has 2 aromatic carbocycles. The van der Waals surface area contributed by atoms with Crippen LogP contribution in [0.3, 0.4) is 0 Å². The largest absolute Gasteiger partial charge is 0.363 e. The highest BCUT2D eigenvalue weighted by Gasteiger charge is 2.07. The quantitative estimate of drug-likeness (QED) is 0.614. The first-order chi connectivity index (χ1) is 11.6. The van der Waals surface area contributed by atoms with Crippen LogP contribution < -0.4 is 10.6 Å². The van der Waals surface area contributed by atoms with Gasteiger partial charge in [0.15, 0.2) is 0 Å². The van der Waals surface area contributed by atoms with Crippen LogP contribution in [-0.4, -0.2) is 9.97 Å². The van der Waals surface area contributed by atoms with Crippen LogP contribution in [0.15, 0.2) is 65.3 Å². The van der Waals surface area contributed by atoms with Crippen molar-refractivity contribution >= 4 is 33.4 Å². The van der Waals surface area contributed by atoms with E-state index in [4.69, 9.17) is 0 Å². The standard InChI is InChI=1S/C19H19BrN4/c1-13-8-9-16(12-17(13)20)23-19-21-11-10-18(24-19)22-14(2)15-6-4-3-5-7-15/h3-12,14H,1-2H3,(H2,21,22,23,24). The third-order valence-electron chi connectivity index (χ3n) is 3.75. The van der Waals surface area contributed by atoms with Crippen molar-refractivity contribution < 1.29 is 0 Å². The lowest BCUT2D eigenvalue weighted by atomic mass is 10.1. The fraction of sp³-hybridized carbons (Fsp3) is 0.158. The van der Waals surface area contributed by atoms with Gasteiger partial charge in [-0.15, -0.1) is 0 Å². The average Bonchev–Trinajstić information content (AvgIpc) is 2.59. The number of hydrogen-bond acceptors (Lipinski definition) is 4. The van der Waals surface area contributed by atoms with Gasteiger partial charge < -0.3 is 10.6 Å². The Morgan fingerprint density at radius 2 is 1.83 bits per heavy atom. The van der Waals surface area contributed by atoms with E-state index in [0.717, 1.165) is 16.0 Å². The number of benzene rings is 2. The SMILES string of the molecule is Cc1ccc(Nc2nccc(NC(C)c3ccccc3)n2)cc1Br. The predicted molar refractivity (Wildman–Crippen MR) is 103 cm³/mol. The number of hydrogen-bond donors (Lipinski definition) is 2. The van der Waals surface area contributed by atoms with Crippen LogP contribution in [0.2, 0.25) is 0 Å². The Hall–Kier alpha value is -2.40. The van der Waals surface area contributed by atoms with E-state index in [1.807, 2.05) is 42.5 Å². The number of nitrogens with one attached hydrogen (secondary N) is 2. The molecular formula is C19H19BrN4. The fourth-order valence-electron chi connectivity index (χ4n) is 2.35. The van der Waals surface area contributed by atoms with E-state index in [9.17, 15) is 0 Å². The maximum absolute atomic E-state index is 4.54. The zero-order chi connectivity index (χ0) is 16.9. The first kappa shape index (κ1) is 16.5. The summed E-state index contributed by atoms with van der Waals surface area (Å²) in [5, 5.41) is 6.64. The Labute approximate surface area is 150 Å². The summed E-state index contributed by atoms with van der Waals surface area (Å²) in [6.45, 7) is 4.17. The molecule has 1 atom stereocenters. The summed E-state index contributed by atoms with van der Waals surface area (Å²) in [7, 11) is 0. The topological polar surface area (TPSA) is 49.8 Å². The number of rotatable bonds is 5. The van der Waals surface area contributed by atoms with Crippen molar-refractivity contribution in [3.63, 3.8) is 0 Å². The van der Waals surface area contributed by atoms with Gasteiger partial charge in [-0.05, 0) is 43.2 Å². The molecule has 2 N–H and O–H groups in total. The molecule has 122 valence electrons. The second kappa shape index (κ2) is 7.45. The second-order valence-corrected chi connectivity index (χ2v) is 6.49. The van der Waals surface area contributed by atoms with E-state index in [1.165, 1.54) is 11.1 Å². The number of nitrogens with zero attached hydrogens (tertiary/aromatic N) is 2. The molecule has 0 fully saturated rings. The van der Waals surface area contributed by atoms with E-state index in [1.54, 1.807) is 6.20 Å². The zero-order valence-electron chi connectivity index (χ0n) is 13.6. The highest BCUT2D eigenvalue weighted by molar-refractivity contribution is 9.10. The summed E-state index contributed by atoms with van der Waals surface area (Å²) in [6.07, 6.45) is 1.75. The van der Waals surface area contributed by atoms with E-state index in [2.05, 4.69) is 62.5 Å². The predicted octanol–water partition coefficient (Wildman–Crippen LogP) is 5.46. The van der Waals surface area contributed by atoms with Gasteiger partial charge in [0.05, 0.1) is 0 Å². The molecule has 0 saturated heterocycles. The van der Waals surface area contributed by atoms with Gasteiger partial charge in [0.1, 0.15) is 5.82 Å². The fourth-order valence-corrected chi connectivity index (χ4v) is 2.72. The van der Waals surface area contributed by atoms with Gasteiger partial charge in [0.25, 0.3) is 0 Å². The average molecular weight is 383 g/mol. The van der Waals surface area contributed by atoms with Gasteiger partial charge in [-0.3, -0.25) is 0 Å². The minimum Gasteiger partial charge on any atom is -0.363 e. The molecule has 0 aliphatic carbocycles. The minimum atomic E-state index is 0.169. The molecule has 24 heavy (non-hydrogen) atoms. The van der Waals surface area contributed by atoms with E-state index < -0.39 is 0 Å². The van der Waals surface area contributed by atoms with Crippen LogP contribution in [0, 0.1) is 6.92 Å². The molecule has 3 rings (SSSR count). The summed E-state index contributed by atoms with van der Waals surface area (Å²) in [4.78, 5) is 8.83. The van der Waals surface area contributed by atoms with Gasteiger partial charge in [0, 0.05) is 22.4 Å². The number of aromatic nitrogens is 2. The van der Waals surface area contributed by atoms with Crippen molar-refractivity contribution in [2.45, 2.75) is 19.9 Å². The third kappa shape index (κ3) is 4.11. The first-order valence-corrected chi connectivity index (χ1v) is 8.59. The zero-order valence-corrected chi connectivity index (χ0v) is 15.2. The third-order valence-corrected chi connectivity index (χ3v) is 4.60. The molecule has 3 aromatic rings. The maximum Gasteiger partial charge on any atom is 0.229 e. The van der Waals surface area contributed by atoms with E-state index in [0.29, 0.717) is 5.95 Å². The molecule has 0 saturated carbocycles. The van der Waals surface area contributed by atoms with Crippen LogP contribution in [0.5, 0.6) is 0 Å². The summed E-state index contributed by atoms with van der Waals surface area (Å²) >= 11 is 3.54. The summed E-state index contributed by atoms with van der Waals surface area (Å²) < 4.78 is 1.06. The second-order valence-electron chi connectivity index (χ2n) is 5.63. The van der Waals surface area contributed by atoms with Crippen molar-refractivity contribution in [3.8, 4) is 0 Å². The highest BCUT2D eigenvalue weighted by Crippen LogP contribution is 2.23. The van der Waals surface area contributed by atoms with Gasteiger partial charge in [-0.2, -0.15) is 4.98 Å². The molecule has 0 bridgehead atoms. The molecule has 0 aliphatic heterocycles. The lowest BCUT2D eigenvalue weighted by Gasteiger charge is -2.15. The van der Waals surface area contributed by atoms with Crippen LogP contribution in [0.25, 0.3) is 0 Å². The molecule has 5 heteroatoms. The highest BCUT2D eigenvalue weighted by atomic mass is 79.9. The molecule has 0 amide bonds.